The summed E-state index contributed by atoms with van der Waals surface area (Å²) in [6.45, 7) is 4.05. The topological polar surface area (TPSA) is 96.1 Å². The fraction of sp³-hybridized carbons (Fsp3) is 0.667. The second-order valence-electron chi connectivity index (χ2n) is 4.88. The molecular formula is C12H21N5O. The zero-order valence-corrected chi connectivity index (χ0v) is 11.0. The van der Waals surface area contributed by atoms with Gasteiger partial charge < -0.3 is 15.8 Å². The highest BCUT2D eigenvalue weighted by Gasteiger charge is 2.37. The molecule has 5 N–H and O–H groups in total. The van der Waals surface area contributed by atoms with E-state index in [4.69, 9.17) is 5.84 Å². The van der Waals surface area contributed by atoms with E-state index < -0.39 is 0 Å². The Morgan fingerprint density at radius 1 is 1.33 bits per heavy atom. The molecule has 0 unspecified atom stereocenters. The second kappa shape index (κ2) is 5.07. The monoisotopic (exact) mass is 251 g/mol. The lowest BCUT2D eigenvalue weighted by Gasteiger charge is -2.41. The molecule has 6 heteroatoms. The number of aliphatic hydroxyl groups excluding tert-OH is 1. The van der Waals surface area contributed by atoms with Crippen LogP contribution in [0.4, 0.5) is 11.6 Å². The Morgan fingerprint density at radius 3 is 2.44 bits per heavy atom. The summed E-state index contributed by atoms with van der Waals surface area (Å²) in [5, 5.41) is 12.9. The summed E-state index contributed by atoms with van der Waals surface area (Å²) < 4.78 is 0. The van der Waals surface area contributed by atoms with Crippen LogP contribution in [-0.4, -0.2) is 27.2 Å². The molecule has 1 aromatic rings. The summed E-state index contributed by atoms with van der Waals surface area (Å²) in [6.07, 6.45) is 3.83. The molecule has 1 saturated carbocycles. The van der Waals surface area contributed by atoms with Gasteiger partial charge in [-0.3, -0.25) is 0 Å². The zero-order valence-electron chi connectivity index (χ0n) is 11.0. The van der Waals surface area contributed by atoms with Crippen molar-refractivity contribution < 1.29 is 5.11 Å². The average Bonchev–Trinajstić information content (AvgIpc) is 2.35. The maximum Gasteiger partial charge on any atom is 0.148 e. The van der Waals surface area contributed by atoms with Crippen molar-refractivity contribution in [1.29, 1.82) is 0 Å². The summed E-state index contributed by atoms with van der Waals surface area (Å²) in [4.78, 5) is 8.81. The van der Waals surface area contributed by atoms with Crippen molar-refractivity contribution in [2.24, 2.45) is 5.84 Å². The van der Waals surface area contributed by atoms with Gasteiger partial charge in [0, 0.05) is 12.0 Å². The van der Waals surface area contributed by atoms with Gasteiger partial charge in [0.2, 0.25) is 0 Å². The van der Waals surface area contributed by atoms with E-state index in [9.17, 15) is 5.11 Å². The van der Waals surface area contributed by atoms with Gasteiger partial charge in [-0.25, -0.2) is 15.8 Å². The Labute approximate surface area is 107 Å². The first kappa shape index (κ1) is 13.0. The van der Waals surface area contributed by atoms with Gasteiger partial charge in [0.25, 0.3) is 0 Å². The molecule has 0 spiro atoms. The van der Waals surface area contributed by atoms with Gasteiger partial charge in [0.05, 0.1) is 12.1 Å². The van der Waals surface area contributed by atoms with E-state index in [2.05, 4.69) is 20.7 Å². The summed E-state index contributed by atoms with van der Waals surface area (Å²) in [5.41, 5.74) is 3.27. The molecule has 2 rings (SSSR count). The number of rotatable bonds is 5. The standard InChI is InChI=1S/C12H21N5O/c1-3-9-14-10(8(2)11(15-9)17-13)16-12(7-18)5-4-6-12/h18H,3-7,13H2,1-2H3,(H2,14,15,16,17). The lowest BCUT2D eigenvalue weighted by Crippen LogP contribution is -2.48. The predicted octanol–water partition coefficient (Wildman–Crippen LogP) is 0.960. The minimum absolute atomic E-state index is 0.128. The molecule has 6 nitrogen and oxygen atoms in total. The third-order valence-electron chi connectivity index (χ3n) is 3.64. The number of aliphatic hydroxyl groups is 1. The molecule has 1 fully saturated rings. The van der Waals surface area contributed by atoms with Crippen LogP contribution < -0.4 is 16.6 Å². The minimum atomic E-state index is -0.212. The number of nitrogens with one attached hydrogen (secondary N) is 2. The number of hydrogen-bond donors (Lipinski definition) is 4. The molecule has 0 aromatic carbocycles. The van der Waals surface area contributed by atoms with Crippen LogP contribution in [0.2, 0.25) is 0 Å². The molecule has 0 atom stereocenters. The molecule has 1 aliphatic rings. The molecule has 1 heterocycles. The third kappa shape index (κ3) is 2.26. The fourth-order valence-corrected chi connectivity index (χ4v) is 2.16. The van der Waals surface area contributed by atoms with Crippen LogP contribution >= 0.6 is 0 Å². The second-order valence-corrected chi connectivity index (χ2v) is 4.88. The Morgan fingerprint density at radius 2 is 2.00 bits per heavy atom. The van der Waals surface area contributed by atoms with E-state index in [-0.39, 0.29) is 12.1 Å². The van der Waals surface area contributed by atoms with Crippen LogP contribution in [0.1, 0.15) is 37.6 Å². The average molecular weight is 251 g/mol. The van der Waals surface area contributed by atoms with E-state index in [0.29, 0.717) is 5.82 Å². The van der Waals surface area contributed by atoms with Crippen molar-refractivity contribution in [3.05, 3.63) is 11.4 Å². The first-order valence-corrected chi connectivity index (χ1v) is 6.37. The minimum Gasteiger partial charge on any atom is -0.394 e. The van der Waals surface area contributed by atoms with Gasteiger partial charge in [-0.1, -0.05) is 6.92 Å². The summed E-state index contributed by atoms with van der Waals surface area (Å²) in [7, 11) is 0. The molecule has 0 radical (unpaired) electrons. The van der Waals surface area contributed by atoms with Gasteiger partial charge in [0.1, 0.15) is 17.5 Å². The van der Waals surface area contributed by atoms with E-state index in [0.717, 1.165) is 42.9 Å². The lowest BCUT2D eigenvalue weighted by molar-refractivity contribution is 0.143. The van der Waals surface area contributed by atoms with Crippen LogP contribution in [-0.2, 0) is 6.42 Å². The van der Waals surface area contributed by atoms with Crippen LogP contribution in [0.3, 0.4) is 0 Å². The largest absolute Gasteiger partial charge is 0.394 e. The molecule has 1 aromatic heterocycles. The maximum absolute atomic E-state index is 9.50. The third-order valence-corrected chi connectivity index (χ3v) is 3.64. The van der Waals surface area contributed by atoms with Gasteiger partial charge in [0.15, 0.2) is 0 Å². The normalized spacial score (nSPS) is 17.1. The highest BCUT2D eigenvalue weighted by molar-refractivity contribution is 5.58. The van der Waals surface area contributed by atoms with Crippen molar-refractivity contribution in [3.63, 3.8) is 0 Å². The zero-order chi connectivity index (χ0) is 13.2. The number of anilines is 2. The summed E-state index contributed by atoms with van der Waals surface area (Å²) >= 11 is 0. The highest BCUT2D eigenvalue weighted by Crippen LogP contribution is 2.35. The van der Waals surface area contributed by atoms with Crippen molar-refractivity contribution in [1.82, 2.24) is 9.97 Å². The van der Waals surface area contributed by atoms with Crippen molar-refractivity contribution in [2.45, 2.75) is 45.1 Å². The number of nitrogens with two attached hydrogens (primary N) is 1. The number of hydrogen-bond acceptors (Lipinski definition) is 6. The molecule has 0 saturated heterocycles. The smallest absolute Gasteiger partial charge is 0.148 e. The van der Waals surface area contributed by atoms with Crippen molar-refractivity contribution >= 4 is 11.6 Å². The summed E-state index contributed by atoms with van der Waals surface area (Å²) in [6, 6.07) is 0. The number of aryl methyl sites for hydroxylation is 1. The van der Waals surface area contributed by atoms with Crippen molar-refractivity contribution in [2.75, 3.05) is 17.3 Å². The fourth-order valence-electron chi connectivity index (χ4n) is 2.16. The first-order chi connectivity index (χ1) is 8.64. The molecule has 100 valence electrons. The van der Waals surface area contributed by atoms with Gasteiger partial charge >= 0.3 is 0 Å². The number of nitrogen functional groups attached to an aromatic ring is 1. The van der Waals surface area contributed by atoms with Crippen LogP contribution in [0.5, 0.6) is 0 Å². The Kier molecular flexibility index (Phi) is 3.68. The molecule has 1 aliphatic carbocycles. The maximum atomic E-state index is 9.50. The molecule has 0 bridgehead atoms. The number of aromatic nitrogens is 2. The lowest BCUT2D eigenvalue weighted by atomic mass is 9.77. The Hall–Kier alpha value is -1.40. The first-order valence-electron chi connectivity index (χ1n) is 6.37. The van der Waals surface area contributed by atoms with E-state index in [1.165, 1.54) is 0 Å². The van der Waals surface area contributed by atoms with Crippen molar-refractivity contribution in [3.8, 4) is 0 Å². The Balaban J connectivity index is 2.31. The quantitative estimate of drug-likeness (QED) is 0.460. The number of nitrogens with zero attached hydrogens (tertiary/aromatic N) is 2. The molecule has 0 amide bonds. The summed E-state index contributed by atoms with van der Waals surface area (Å²) in [5.74, 6) is 7.61. The highest BCUT2D eigenvalue weighted by atomic mass is 16.3. The van der Waals surface area contributed by atoms with E-state index in [1.54, 1.807) is 0 Å². The van der Waals surface area contributed by atoms with Crippen LogP contribution in [0.15, 0.2) is 0 Å². The van der Waals surface area contributed by atoms with Gasteiger partial charge in [-0.05, 0) is 26.2 Å². The molecule has 0 aliphatic heterocycles. The molecular weight excluding hydrogens is 230 g/mol. The predicted molar refractivity (Wildman–Crippen MR) is 71.2 cm³/mol. The van der Waals surface area contributed by atoms with Gasteiger partial charge in [-0.2, -0.15) is 0 Å². The van der Waals surface area contributed by atoms with Crippen LogP contribution in [0.25, 0.3) is 0 Å². The van der Waals surface area contributed by atoms with Crippen LogP contribution in [0, 0.1) is 6.92 Å². The SMILES string of the molecule is CCc1nc(NN)c(C)c(NC2(CO)CCC2)n1. The van der Waals surface area contributed by atoms with E-state index in [1.807, 2.05) is 13.8 Å². The number of hydrazine groups is 1. The Bertz CT molecular complexity index is 425. The van der Waals surface area contributed by atoms with Gasteiger partial charge in [-0.15, -0.1) is 0 Å². The molecule has 18 heavy (non-hydrogen) atoms. The van der Waals surface area contributed by atoms with E-state index >= 15 is 0 Å².